The number of nitrogens with one attached hydrogen (secondary N) is 1. The van der Waals surface area contributed by atoms with Crippen LogP contribution >= 0.6 is 11.8 Å². The normalized spacial score (nSPS) is 17.1. The van der Waals surface area contributed by atoms with E-state index in [4.69, 9.17) is 0 Å². The van der Waals surface area contributed by atoms with E-state index in [1.165, 1.54) is 0 Å². The Labute approximate surface area is 126 Å². The summed E-state index contributed by atoms with van der Waals surface area (Å²) < 4.78 is 0.121. The van der Waals surface area contributed by atoms with Crippen LogP contribution in [0.1, 0.15) is 27.7 Å². The van der Waals surface area contributed by atoms with Crippen LogP contribution in [0.15, 0.2) is 0 Å². The Bertz CT molecular complexity index is 334. The third-order valence-corrected chi connectivity index (χ3v) is 4.35. The summed E-state index contributed by atoms with van der Waals surface area (Å²) in [5, 5.41) is 2.80. The maximum absolute atomic E-state index is 12.1. The van der Waals surface area contributed by atoms with Crippen molar-refractivity contribution in [3.8, 4) is 0 Å². The molecule has 5 nitrogen and oxygen atoms in total. The van der Waals surface area contributed by atoms with Crippen LogP contribution in [0.25, 0.3) is 0 Å². The monoisotopic (exact) mass is 301 g/mol. The van der Waals surface area contributed by atoms with Crippen LogP contribution in [0.5, 0.6) is 0 Å². The van der Waals surface area contributed by atoms with E-state index in [2.05, 4.69) is 31.0 Å². The first-order chi connectivity index (χ1) is 9.31. The number of nitrogens with zero attached hydrogens (tertiary/aromatic N) is 2. The highest BCUT2D eigenvalue weighted by atomic mass is 32.2. The van der Waals surface area contributed by atoms with Gasteiger partial charge in [0, 0.05) is 37.5 Å². The molecular weight excluding hydrogens is 274 g/mol. The minimum atomic E-state index is 0.0653. The topological polar surface area (TPSA) is 52.7 Å². The Morgan fingerprint density at radius 3 is 2.25 bits per heavy atom. The largest absolute Gasteiger partial charge is 0.355 e. The van der Waals surface area contributed by atoms with E-state index in [1.54, 1.807) is 11.8 Å². The zero-order chi connectivity index (χ0) is 15.2. The Kier molecular flexibility index (Phi) is 6.82. The molecule has 1 saturated heterocycles. The summed E-state index contributed by atoms with van der Waals surface area (Å²) in [6, 6.07) is 0. The van der Waals surface area contributed by atoms with Gasteiger partial charge in [0.15, 0.2) is 0 Å². The standard InChI is InChI=1S/C14H27N3O2S/c1-5-15-12(18)10-16-6-8-17(9-7-16)13(19)11-20-14(2,3)4/h5-11H2,1-4H3,(H,15,18). The molecule has 116 valence electrons. The van der Waals surface area contributed by atoms with Gasteiger partial charge in [-0.3, -0.25) is 14.5 Å². The van der Waals surface area contributed by atoms with Crippen LogP contribution in [0.3, 0.4) is 0 Å². The van der Waals surface area contributed by atoms with E-state index >= 15 is 0 Å². The van der Waals surface area contributed by atoms with Gasteiger partial charge in [-0.15, -0.1) is 11.8 Å². The summed E-state index contributed by atoms with van der Waals surface area (Å²) in [4.78, 5) is 27.6. The maximum atomic E-state index is 12.1. The molecule has 1 heterocycles. The average Bonchev–Trinajstić information content (AvgIpc) is 2.36. The van der Waals surface area contributed by atoms with E-state index in [0.717, 1.165) is 26.2 Å². The van der Waals surface area contributed by atoms with Gasteiger partial charge >= 0.3 is 0 Å². The molecule has 0 aliphatic carbocycles. The molecule has 0 spiro atoms. The van der Waals surface area contributed by atoms with Crippen LogP contribution in [-0.2, 0) is 9.59 Å². The predicted octanol–water partition coefficient (Wildman–Crippen LogP) is 0.798. The van der Waals surface area contributed by atoms with Crippen molar-refractivity contribution in [3.63, 3.8) is 0 Å². The molecular formula is C14H27N3O2S. The second kappa shape index (κ2) is 7.88. The zero-order valence-electron chi connectivity index (χ0n) is 13.1. The number of thioether (sulfide) groups is 1. The third kappa shape index (κ3) is 6.61. The number of hydrogen-bond acceptors (Lipinski definition) is 4. The van der Waals surface area contributed by atoms with Crippen molar-refractivity contribution in [2.75, 3.05) is 45.0 Å². The minimum Gasteiger partial charge on any atom is -0.355 e. The van der Waals surface area contributed by atoms with Crippen molar-refractivity contribution < 1.29 is 9.59 Å². The SMILES string of the molecule is CCNC(=O)CN1CCN(C(=O)CSC(C)(C)C)CC1. The van der Waals surface area contributed by atoms with Gasteiger partial charge in [-0.2, -0.15) is 0 Å². The molecule has 0 atom stereocenters. The summed E-state index contributed by atoms with van der Waals surface area (Å²) in [5.74, 6) is 0.818. The molecule has 0 aromatic rings. The van der Waals surface area contributed by atoms with E-state index < -0.39 is 0 Å². The van der Waals surface area contributed by atoms with Crippen molar-refractivity contribution in [1.82, 2.24) is 15.1 Å². The molecule has 0 bridgehead atoms. The van der Waals surface area contributed by atoms with Gasteiger partial charge in [0.25, 0.3) is 0 Å². The molecule has 0 saturated carbocycles. The summed E-state index contributed by atoms with van der Waals surface area (Å²) >= 11 is 1.68. The van der Waals surface area contributed by atoms with Crippen molar-refractivity contribution >= 4 is 23.6 Å². The van der Waals surface area contributed by atoms with Crippen molar-refractivity contribution in [3.05, 3.63) is 0 Å². The fraction of sp³-hybridized carbons (Fsp3) is 0.857. The Hall–Kier alpha value is -0.750. The van der Waals surface area contributed by atoms with Crippen LogP contribution in [-0.4, -0.2) is 71.4 Å². The second-order valence-corrected chi connectivity index (χ2v) is 7.81. The fourth-order valence-corrected chi connectivity index (χ4v) is 2.72. The summed E-state index contributed by atoms with van der Waals surface area (Å²) in [5.41, 5.74) is 0. The molecule has 0 aromatic heterocycles. The number of piperazine rings is 1. The summed E-state index contributed by atoms with van der Waals surface area (Å²) in [6.07, 6.45) is 0. The molecule has 0 aromatic carbocycles. The molecule has 1 aliphatic rings. The molecule has 6 heteroatoms. The number of likely N-dealkylation sites (N-methyl/N-ethyl adjacent to an activating group) is 1. The van der Waals surface area contributed by atoms with Gasteiger partial charge in [-0.1, -0.05) is 20.8 Å². The second-order valence-electron chi connectivity index (χ2n) is 6.01. The Morgan fingerprint density at radius 1 is 1.15 bits per heavy atom. The first-order valence-electron chi connectivity index (χ1n) is 7.22. The van der Waals surface area contributed by atoms with Crippen LogP contribution in [0.2, 0.25) is 0 Å². The third-order valence-electron chi connectivity index (χ3n) is 3.09. The van der Waals surface area contributed by atoms with Crippen molar-refractivity contribution in [2.24, 2.45) is 0 Å². The lowest BCUT2D eigenvalue weighted by molar-refractivity contribution is -0.130. The van der Waals surface area contributed by atoms with Crippen LogP contribution < -0.4 is 5.32 Å². The molecule has 1 aliphatic heterocycles. The molecule has 0 radical (unpaired) electrons. The van der Waals surface area contributed by atoms with Gasteiger partial charge in [-0.25, -0.2) is 0 Å². The number of carbonyl (C=O) groups is 2. The molecule has 0 unspecified atom stereocenters. The van der Waals surface area contributed by atoms with Crippen LogP contribution in [0.4, 0.5) is 0 Å². The highest BCUT2D eigenvalue weighted by Gasteiger charge is 2.23. The first-order valence-corrected chi connectivity index (χ1v) is 8.21. The van der Waals surface area contributed by atoms with Gasteiger partial charge in [0.1, 0.15) is 0 Å². The van der Waals surface area contributed by atoms with Gasteiger partial charge in [-0.05, 0) is 6.92 Å². The van der Waals surface area contributed by atoms with E-state index in [0.29, 0.717) is 18.8 Å². The molecule has 1 fully saturated rings. The smallest absolute Gasteiger partial charge is 0.234 e. The highest BCUT2D eigenvalue weighted by molar-refractivity contribution is 8.01. The molecule has 1 N–H and O–H groups in total. The molecule has 20 heavy (non-hydrogen) atoms. The highest BCUT2D eigenvalue weighted by Crippen LogP contribution is 2.23. The minimum absolute atomic E-state index is 0.0653. The predicted molar refractivity (Wildman–Crippen MR) is 83.9 cm³/mol. The quantitative estimate of drug-likeness (QED) is 0.816. The summed E-state index contributed by atoms with van der Waals surface area (Å²) in [6.45, 7) is 12.4. The lowest BCUT2D eigenvalue weighted by Gasteiger charge is -2.34. The Morgan fingerprint density at radius 2 is 1.75 bits per heavy atom. The summed E-state index contributed by atoms with van der Waals surface area (Å²) in [7, 11) is 0. The lowest BCUT2D eigenvalue weighted by atomic mass is 10.3. The van der Waals surface area contributed by atoms with E-state index in [9.17, 15) is 9.59 Å². The van der Waals surface area contributed by atoms with Gasteiger partial charge < -0.3 is 10.2 Å². The van der Waals surface area contributed by atoms with E-state index in [1.807, 2.05) is 11.8 Å². The average molecular weight is 301 g/mol. The number of hydrogen-bond donors (Lipinski definition) is 1. The van der Waals surface area contributed by atoms with Crippen molar-refractivity contribution in [2.45, 2.75) is 32.4 Å². The van der Waals surface area contributed by atoms with Gasteiger partial charge in [0.2, 0.25) is 11.8 Å². The zero-order valence-corrected chi connectivity index (χ0v) is 13.9. The molecule has 2 amide bonds. The number of carbonyl (C=O) groups excluding carboxylic acids is 2. The lowest BCUT2D eigenvalue weighted by Crippen LogP contribution is -2.51. The molecule has 1 rings (SSSR count). The fourth-order valence-electron chi connectivity index (χ4n) is 1.98. The van der Waals surface area contributed by atoms with Crippen molar-refractivity contribution in [1.29, 1.82) is 0 Å². The Balaban J connectivity index is 2.27. The maximum Gasteiger partial charge on any atom is 0.234 e. The number of amides is 2. The van der Waals surface area contributed by atoms with Crippen LogP contribution in [0, 0.1) is 0 Å². The van der Waals surface area contributed by atoms with Gasteiger partial charge in [0.05, 0.1) is 12.3 Å². The number of rotatable bonds is 5. The first kappa shape index (κ1) is 17.3. The van der Waals surface area contributed by atoms with E-state index in [-0.39, 0.29) is 16.6 Å².